The SMILES string of the molecule is CNC(=O)c1cc(CC(=O)[C@@H](CCCN=C(N)N)NC(=O)c2cc(CC(=O)[C@@H](CCCN=C(N)N)NC(=O)c3cc(CC(=O)[C@@H](CCCN=C(N)N)NC(=O)CCCCN=C(N)N)ccc3OC)ccc2OC)ccc1OC. The van der Waals surface area contributed by atoms with Crippen LogP contribution in [0.1, 0.15) is 106 Å². The van der Waals surface area contributed by atoms with Gasteiger partial charge < -0.3 is 81.3 Å². The molecule has 3 atom stereocenters. The molecule has 3 aromatic carbocycles. The summed E-state index contributed by atoms with van der Waals surface area (Å²) in [6.45, 7) is 0.872. The van der Waals surface area contributed by atoms with Crippen molar-refractivity contribution >= 4 is 64.8 Å². The highest BCUT2D eigenvalue weighted by atomic mass is 16.5. The van der Waals surface area contributed by atoms with Crippen molar-refractivity contribution in [1.29, 1.82) is 0 Å². The molecule has 0 spiro atoms. The predicted octanol–water partition coefficient (Wildman–Crippen LogP) is -0.907. The fourth-order valence-corrected chi connectivity index (χ4v) is 8.03. The lowest BCUT2D eigenvalue weighted by atomic mass is 9.96. The Morgan fingerprint density at radius 1 is 0.436 bits per heavy atom. The molecule has 0 unspecified atom stereocenters. The van der Waals surface area contributed by atoms with E-state index in [2.05, 4.69) is 41.2 Å². The molecule has 0 aliphatic carbocycles. The summed E-state index contributed by atoms with van der Waals surface area (Å²) in [4.78, 5) is 112. The fourth-order valence-electron chi connectivity index (χ4n) is 8.03. The maximum atomic E-state index is 14.3. The van der Waals surface area contributed by atoms with Gasteiger partial charge in [0.05, 0.1) is 56.1 Å². The zero-order chi connectivity index (χ0) is 57.7. The molecule has 20 N–H and O–H groups in total. The highest BCUT2D eigenvalue weighted by Gasteiger charge is 2.28. The Bertz CT molecular complexity index is 2680. The first-order valence-corrected chi connectivity index (χ1v) is 25.1. The van der Waals surface area contributed by atoms with Crippen molar-refractivity contribution in [2.75, 3.05) is 54.6 Å². The summed E-state index contributed by atoms with van der Waals surface area (Å²) in [5, 5.41) is 11.0. The smallest absolute Gasteiger partial charge is 0.255 e. The normalized spacial score (nSPS) is 11.7. The molecule has 0 bridgehead atoms. The molecular formula is C52H76N16O10. The molecule has 0 saturated carbocycles. The van der Waals surface area contributed by atoms with Gasteiger partial charge in [0, 0.05) is 58.9 Å². The van der Waals surface area contributed by atoms with E-state index in [4.69, 9.17) is 60.1 Å². The number of rotatable bonds is 35. The van der Waals surface area contributed by atoms with Crippen LogP contribution in [0.25, 0.3) is 0 Å². The van der Waals surface area contributed by atoms with Crippen LogP contribution >= 0.6 is 0 Å². The zero-order valence-corrected chi connectivity index (χ0v) is 44.7. The number of carbonyl (C=O) groups is 7. The summed E-state index contributed by atoms with van der Waals surface area (Å²) in [7, 11) is 5.61. The van der Waals surface area contributed by atoms with Crippen LogP contribution in [0.3, 0.4) is 0 Å². The molecule has 4 amide bonds. The average Bonchev–Trinajstić information content (AvgIpc) is 3.41. The molecule has 26 heteroatoms. The van der Waals surface area contributed by atoms with Gasteiger partial charge in [-0.25, -0.2) is 0 Å². The molecule has 424 valence electrons. The molecular weight excluding hydrogens is 1010 g/mol. The highest BCUT2D eigenvalue weighted by molar-refractivity contribution is 6.03. The van der Waals surface area contributed by atoms with Crippen molar-refractivity contribution in [3.63, 3.8) is 0 Å². The monoisotopic (exact) mass is 1080 g/mol. The van der Waals surface area contributed by atoms with Crippen LogP contribution < -0.4 is 81.3 Å². The molecule has 0 aliphatic heterocycles. The molecule has 0 heterocycles. The number of hydrogen-bond acceptors (Lipinski definition) is 14. The van der Waals surface area contributed by atoms with Crippen LogP contribution in [0.5, 0.6) is 17.2 Å². The Morgan fingerprint density at radius 3 is 1.05 bits per heavy atom. The largest absolute Gasteiger partial charge is 0.496 e. The molecule has 0 fully saturated rings. The topological polar surface area (TPSA) is 453 Å². The van der Waals surface area contributed by atoms with E-state index in [9.17, 15) is 33.6 Å². The number of unbranched alkanes of at least 4 members (excludes halogenated alkanes) is 1. The molecule has 3 rings (SSSR count). The third-order valence-electron chi connectivity index (χ3n) is 11.9. The lowest BCUT2D eigenvalue weighted by Gasteiger charge is -2.21. The summed E-state index contributed by atoms with van der Waals surface area (Å²) in [6.07, 6.45) is 1.91. The number of methoxy groups -OCH3 is 3. The first kappa shape index (κ1) is 63.3. The second kappa shape index (κ2) is 33.1. The molecule has 0 radical (unpaired) electrons. The number of carbonyl (C=O) groups excluding carboxylic acids is 7. The van der Waals surface area contributed by atoms with E-state index < -0.39 is 41.6 Å². The number of ketones is 3. The predicted molar refractivity (Wildman–Crippen MR) is 297 cm³/mol. The fraction of sp³-hybridized carbons (Fsp3) is 0.442. The quantitative estimate of drug-likeness (QED) is 0.0193. The number of amides is 4. The van der Waals surface area contributed by atoms with Gasteiger partial charge in [0.15, 0.2) is 41.2 Å². The minimum absolute atomic E-state index is 0.00991. The second-order valence-corrected chi connectivity index (χ2v) is 17.9. The van der Waals surface area contributed by atoms with Crippen LogP contribution in [0.15, 0.2) is 74.6 Å². The van der Waals surface area contributed by atoms with Gasteiger partial charge in [-0.05, 0) is 104 Å². The molecule has 0 saturated heterocycles. The first-order valence-electron chi connectivity index (χ1n) is 25.1. The molecule has 0 aliphatic rings. The Morgan fingerprint density at radius 2 is 0.744 bits per heavy atom. The molecule has 0 aromatic heterocycles. The summed E-state index contributed by atoms with van der Waals surface area (Å²) in [5.41, 5.74) is 45.4. The van der Waals surface area contributed by atoms with Gasteiger partial charge in [-0.1, -0.05) is 18.2 Å². The zero-order valence-electron chi connectivity index (χ0n) is 44.7. The summed E-state index contributed by atoms with van der Waals surface area (Å²) in [6, 6.07) is 10.8. The van der Waals surface area contributed by atoms with Crippen molar-refractivity contribution in [1.82, 2.24) is 21.3 Å². The number of nitrogens with one attached hydrogen (secondary N) is 4. The van der Waals surface area contributed by atoms with E-state index >= 15 is 0 Å². The van der Waals surface area contributed by atoms with Crippen LogP contribution in [-0.4, -0.2) is 137 Å². The van der Waals surface area contributed by atoms with Crippen molar-refractivity contribution in [3.05, 3.63) is 88.0 Å². The lowest BCUT2D eigenvalue weighted by molar-refractivity contribution is -0.127. The minimum Gasteiger partial charge on any atom is -0.496 e. The maximum absolute atomic E-state index is 14.3. The summed E-state index contributed by atoms with van der Waals surface area (Å²) in [5.74, 6) is -3.21. The second-order valence-electron chi connectivity index (χ2n) is 17.9. The van der Waals surface area contributed by atoms with Gasteiger partial charge >= 0.3 is 0 Å². The maximum Gasteiger partial charge on any atom is 0.255 e. The van der Waals surface area contributed by atoms with Gasteiger partial charge in [0.25, 0.3) is 17.7 Å². The Balaban J connectivity index is 1.91. The van der Waals surface area contributed by atoms with Crippen LogP contribution in [-0.2, 0) is 38.4 Å². The van der Waals surface area contributed by atoms with Gasteiger partial charge in [-0.3, -0.25) is 53.5 Å². The number of guanidine groups is 4. The number of nitrogens with zero attached hydrogens (tertiary/aromatic N) is 4. The van der Waals surface area contributed by atoms with Crippen molar-refractivity contribution in [3.8, 4) is 17.2 Å². The van der Waals surface area contributed by atoms with E-state index in [-0.39, 0.29) is 141 Å². The standard InChI is InChI=1S/C52H76N16O10/c1-61-46(73)33-24-30(14-17-42(33)76-2)28-40(70)37(11-8-22-64-51(57)58)67-48(75)35-26-32(16-19-44(35)78-4)29-41(71)38(12-9-23-65-52(59)60)68-47(74)34-25-31(15-18-43(34)77-3)27-39(69)36(10-7-21-63-50(55)56)66-45(72)13-5-6-20-62-49(53)54/h14-19,24-26,36-38H,5-13,20-23,27-29H2,1-4H3,(H,61,73)(H,66,72)(H,67,75)(H,68,74)(H4,53,54,62)(H4,55,56,63)(H4,57,58,64)(H4,59,60,65)/t36-,37-,38-/m1/s1. The third kappa shape index (κ3) is 22.1. The van der Waals surface area contributed by atoms with E-state index in [1.807, 2.05) is 0 Å². The molecule has 78 heavy (non-hydrogen) atoms. The third-order valence-corrected chi connectivity index (χ3v) is 11.9. The molecule has 3 aromatic rings. The Kier molecular flexibility index (Phi) is 26.9. The van der Waals surface area contributed by atoms with Crippen molar-refractivity contribution in [2.45, 2.75) is 95.2 Å². The Hall–Kier alpha value is -8.97. The van der Waals surface area contributed by atoms with Gasteiger partial charge in [-0.15, -0.1) is 0 Å². The van der Waals surface area contributed by atoms with Crippen LogP contribution in [0, 0.1) is 0 Å². The number of ether oxygens (including phenoxy) is 3. The van der Waals surface area contributed by atoms with E-state index in [0.717, 1.165) is 0 Å². The average molecular weight is 1090 g/mol. The number of Topliss-reactive ketones (excluding diaryl/α,β-unsaturated/α-hetero) is 3. The van der Waals surface area contributed by atoms with E-state index in [1.54, 1.807) is 24.3 Å². The van der Waals surface area contributed by atoms with E-state index in [1.165, 1.54) is 58.7 Å². The van der Waals surface area contributed by atoms with Gasteiger partial charge in [0.2, 0.25) is 5.91 Å². The van der Waals surface area contributed by atoms with Gasteiger partial charge in [0.1, 0.15) is 17.2 Å². The number of nitrogens with two attached hydrogens (primary N) is 8. The number of hydrogen-bond donors (Lipinski definition) is 12. The minimum atomic E-state index is -1.13. The van der Waals surface area contributed by atoms with Crippen molar-refractivity contribution in [2.24, 2.45) is 65.8 Å². The van der Waals surface area contributed by atoms with Crippen LogP contribution in [0.4, 0.5) is 0 Å². The summed E-state index contributed by atoms with van der Waals surface area (Å²) < 4.78 is 16.4. The number of aliphatic imine (C=N–C) groups is 4. The Labute approximate surface area is 453 Å². The molecule has 26 nitrogen and oxygen atoms in total. The van der Waals surface area contributed by atoms with Crippen molar-refractivity contribution < 1.29 is 47.8 Å². The van der Waals surface area contributed by atoms with Crippen LogP contribution in [0.2, 0.25) is 0 Å². The van der Waals surface area contributed by atoms with E-state index in [0.29, 0.717) is 54.7 Å². The first-order chi connectivity index (χ1) is 37.2. The number of benzene rings is 3. The lowest BCUT2D eigenvalue weighted by Crippen LogP contribution is -2.42. The highest BCUT2D eigenvalue weighted by Crippen LogP contribution is 2.25. The summed E-state index contributed by atoms with van der Waals surface area (Å²) >= 11 is 0. The van der Waals surface area contributed by atoms with Gasteiger partial charge in [-0.2, -0.15) is 0 Å².